The molecule has 2 N–H and O–H groups in total. The Morgan fingerprint density at radius 2 is 2.00 bits per heavy atom. The van der Waals surface area contributed by atoms with Gasteiger partial charge in [0.1, 0.15) is 11.4 Å². The molecule has 5 nitrogen and oxygen atoms in total. The first-order valence-electron chi connectivity index (χ1n) is 8.41. The normalized spacial score (nSPS) is 20.2. The van der Waals surface area contributed by atoms with Crippen LogP contribution in [0, 0.1) is 0 Å². The quantitative estimate of drug-likeness (QED) is 0.813. The van der Waals surface area contributed by atoms with Gasteiger partial charge in [-0.3, -0.25) is 0 Å². The first-order valence-corrected chi connectivity index (χ1v) is 8.78. The smallest absolute Gasteiger partial charge is 0.407 e. The molecule has 1 aromatic carbocycles. The zero-order valence-corrected chi connectivity index (χ0v) is 15.6. The molecule has 0 aromatic heterocycles. The number of hydrogen-bond donors (Lipinski definition) is 2. The van der Waals surface area contributed by atoms with Crippen LogP contribution in [0.15, 0.2) is 18.2 Å². The van der Waals surface area contributed by atoms with E-state index in [-0.39, 0.29) is 12.1 Å². The number of alkyl carbamates (subject to hydrolysis) is 1. The van der Waals surface area contributed by atoms with E-state index in [2.05, 4.69) is 10.6 Å². The third-order valence-corrected chi connectivity index (χ3v) is 4.00. The van der Waals surface area contributed by atoms with Crippen molar-refractivity contribution in [3.05, 3.63) is 28.8 Å². The molecule has 0 aliphatic heterocycles. The maximum absolute atomic E-state index is 11.7. The molecule has 1 fully saturated rings. The number of rotatable bonds is 6. The van der Waals surface area contributed by atoms with Gasteiger partial charge in [0.05, 0.1) is 6.61 Å². The van der Waals surface area contributed by atoms with Crippen molar-refractivity contribution in [1.29, 1.82) is 0 Å². The lowest BCUT2D eigenvalue weighted by atomic mass is 9.86. The molecule has 1 aromatic rings. The summed E-state index contributed by atoms with van der Waals surface area (Å²) >= 11 is 6.07. The highest BCUT2D eigenvalue weighted by atomic mass is 35.5. The third-order valence-electron chi connectivity index (χ3n) is 3.76. The Morgan fingerprint density at radius 1 is 1.29 bits per heavy atom. The zero-order valence-electron chi connectivity index (χ0n) is 14.8. The molecule has 6 heteroatoms. The monoisotopic (exact) mass is 354 g/mol. The summed E-state index contributed by atoms with van der Waals surface area (Å²) in [7, 11) is 0. The van der Waals surface area contributed by atoms with Crippen molar-refractivity contribution in [3.8, 4) is 5.75 Å². The number of ether oxygens (including phenoxy) is 2. The van der Waals surface area contributed by atoms with Gasteiger partial charge >= 0.3 is 6.09 Å². The van der Waals surface area contributed by atoms with E-state index in [1.165, 1.54) is 0 Å². The van der Waals surface area contributed by atoms with Crippen LogP contribution >= 0.6 is 11.6 Å². The Labute approximate surface area is 149 Å². The van der Waals surface area contributed by atoms with Crippen LogP contribution in [0.3, 0.4) is 0 Å². The molecular weight excluding hydrogens is 328 g/mol. The maximum atomic E-state index is 11.7. The number of amides is 1. The second kappa shape index (κ2) is 8.08. The Hall–Kier alpha value is -1.46. The minimum Gasteiger partial charge on any atom is -0.494 e. The van der Waals surface area contributed by atoms with E-state index in [0.717, 1.165) is 24.2 Å². The first-order chi connectivity index (χ1) is 11.3. The molecule has 1 aliphatic rings. The van der Waals surface area contributed by atoms with Crippen LogP contribution in [-0.4, -0.2) is 30.4 Å². The molecule has 0 radical (unpaired) electrons. The molecule has 0 heterocycles. The molecule has 24 heavy (non-hydrogen) atoms. The maximum Gasteiger partial charge on any atom is 0.407 e. The molecule has 0 unspecified atom stereocenters. The van der Waals surface area contributed by atoms with Crippen molar-refractivity contribution in [2.75, 3.05) is 6.61 Å². The minimum atomic E-state index is -0.465. The average molecular weight is 355 g/mol. The first kappa shape index (κ1) is 18.9. The number of nitrogens with one attached hydrogen (secondary N) is 2. The van der Waals surface area contributed by atoms with Gasteiger partial charge in [-0.1, -0.05) is 11.6 Å². The van der Waals surface area contributed by atoms with E-state index in [9.17, 15) is 4.79 Å². The molecule has 1 aliphatic carbocycles. The van der Waals surface area contributed by atoms with Crippen LogP contribution in [0.4, 0.5) is 4.79 Å². The second-order valence-corrected chi connectivity index (χ2v) is 7.51. The van der Waals surface area contributed by atoms with Gasteiger partial charge in [-0.05, 0) is 58.7 Å². The van der Waals surface area contributed by atoms with Gasteiger partial charge in [0.25, 0.3) is 0 Å². The molecular formula is C18H27ClN2O3. The van der Waals surface area contributed by atoms with Crippen LogP contribution in [0.1, 0.15) is 46.1 Å². The number of halogens is 1. The van der Waals surface area contributed by atoms with Crippen LogP contribution in [0.2, 0.25) is 5.02 Å². The summed E-state index contributed by atoms with van der Waals surface area (Å²) in [5.74, 6) is 0.858. The van der Waals surface area contributed by atoms with Crippen molar-refractivity contribution in [2.24, 2.45) is 0 Å². The highest BCUT2D eigenvalue weighted by molar-refractivity contribution is 6.30. The largest absolute Gasteiger partial charge is 0.494 e. The fourth-order valence-electron chi connectivity index (χ4n) is 2.61. The fraction of sp³-hybridized carbons (Fsp3) is 0.611. The summed E-state index contributed by atoms with van der Waals surface area (Å²) in [6.07, 6.45) is 1.44. The zero-order chi connectivity index (χ0) is 17.7. The van der Waals surface area contributed by atoms with Crippen molar-refractivity contribution in [1.82, 2.24) is 10.6 Å². The summed E-state index contributed by atoms with van der Waals surface area (Å²) in [5, 5.41) is 7.08. The topological polar surface area (TPSA) is 59.6 Å². The van der Waals surface area contributed by atoms with Gasteiger partial charge in [0.2, 0.25) is 0 Å². The molecule has 0 atom stereocenters. The number of benzene rings is 1. The summed E-state index contributed by atoms with van der Waals surface area (Å²) < 4.78 is 10.9. The lowest BCUT2D eigenvalue weighted by Crippen LogP contribution is -2.52. The average Bonchev–Trinajstić information content (AvgIpc) is 2.42. The summed E-state index contributed by atoms with van der Waals surface area (Å²) in [4.78, 5) is 11.7. The number of hydrogen-bond acceptors (Lipinski definition) is 4. The van der Waals surface area contributed by atoms with E-state index in [1.807, 2.05) is 45.9 Å². The van der Waals surface area contributed by atoms with Crippen molar-refractivity contribution in [2.45, 2.75) is 64.8 Å². The van der Waals surface area contributed by atoms with Crippen molar-refractivity contribution < 1.29 is 14.3 Å². The predicted octanol–water partition coefficient (Wildman–Crippen LogP) is 3.88. The molecule has 0 saturated heterocycles. The number of carbonyl (C=O) groups excluding carboxylic acids is 1. The van der Waals surface area contributed by atoms with Crippen LogP contribution < -0.4 is 15.4 Å². The Bertz CT molecular complexity index is 566. The molecule has 1 saturated carbocycles. The van der Waals surface area contributed by atoms with Gasteiger partial charge in [0, 0.05) is 29.2 Å². The Morgan fingerprint density at radius 3 is 2.62 bits per heavy atom. The van der Waals surface area contributed by atoms with Gasteiger partial charge in [0.15, 0.2) is 0 Å². The second-order valence-electron chi connectivity index (χ2n) is 7.08. The van der Waals surface area contributed by atoms with Crippen LogP contribution in [0.5, 0.6) is 5.75 Å². The molecule has 1 amide bonds. The number of carbonyl (C=O) groups is 1. The minimum absolute atomic E-state index is 0.170. The van der Waals surface area contributed by atoms with E-state index in [4.69, 9.17) is 21.1 Å². The summed E-state index contributed by atoms with van der Waals surface area (Å²) in [6.45, 7) is 8.86. The van der Waals surface area contributed by atoms with Crippen molar-refractivity contribution >= 4 is 17.7 Å². The highest BCUT2D eigenvalue weighted by Crippen LogP contribution is 2.25. The Kier molecular flexibility index (Phi) is 6.35. The fourth-order valence-corrected chi connectivity index (χ4v) is 2.81. The molecule has 0 spiro atoms. The van der Waals surface area contributed by atoms with E-state index in [1.54, 1.807) is 0 Å². The highest BCUT2D eigenvalue weighted by Gasteiger charge is 2.31. The van der Waals surface area contributed by atoms with Crippen molar-refractivity contribution in [3.63, 3.8) is 0 Å². The lowest BCUT2D eigenvalue weighted by Gasteiger charge is -2.37. The SMILES string of the molecule is CCOc1ccc(Cl)cc1CNC1CC(NC(=O)OC(C)(C)C)C1. The third kappa shape index (κ3) is 5.87. The summed E-state index contributed by atoms with van der Waals surface area (Å²) in [5.41, 5.74) is 0.584. The molecule has 134 valence electrons. The lowest BCUT2D eigenvalue weighted by molar-refractivity contribution is 0.0465. The van der Waals surface area contributed by atoms with E-state index in [0.29, 0.717) is 24.2 Å². The standard InChI is InChI=1S/C18H27ClN2O3/c1-5-23-16-7-6-13(19)8-12(16)11-20-14-9-15(10-14)21-17(22)24-18(2,3)4/h6-8,14-15,20H,5,9-11H2,1-4H3,(H,21,22). The Balaban J connectivity index is 1.74. The molecule has 0 bridgehead atoms. The van der Waals surface area contributed by atoms with Gasteiger partial charge < -0.3 is 20.1 Å². The van der Waals surface area contributed by atoms with E-state index < -0.39 is 5.60 Å². The summed E-state index contributed by atoms with van der Waals surface area (Å²) in [6, 6.07) is 6.20. The van der Waals surface area contributed by atoms with Gasteiger partial charge in [-0.25, -0.2) is 4.79 Å². The predicted molar refractivity (Wildman–Crippen MR) is 95.6 cm³/mol. The van der Waals surface area contributed by atoms with Gasteiger partial charge in [-0.2, -0.15) is 0 Å². The van der Waals surface area contributed by atoms with Crippen LogP contribution in [0.25, 0.3) is 0 Å². The van der Waals surface area contributed by atoms with Crippen LogP contribution in [-0.2, 0) is 11.3 Å². The van der Waals surface area contributed by atoms with Gasteiger partial charge in [-0.15, -0.1) is 0 Å². The van der Waals surface area contributed by atoms with E-state index >= 15 is 0 Å². The molecule has 2 rings (SSSR count).